The summed E-state index contributed by atoms with van der Waals surface area (Å²) < 4.78 is 29.1. The SMILES string of the molecule is Nc1ccc(C(c2ccccc2)S(=O)(=O)C(c2ccccc2)c2ccc(N)c([N+](=O)[O-])c2)cc1[N+](=O)[O-]. The predicted octanol–water partition coefficient (Wildman–Crippen LogP) is 4.96. The molecule has 0 aromatic heterocycles. The number of benzene rings is 4. The lowest BCUT2D eigenvalue weighted by molar-refractivity contribution is -0.384. The number of nitrogens with two attached hydrogens (primary N) is 2. The average molecular weight is 519 g/mol. The first-order valence-electron chi connectivity index (χ1n) is 11.0. The van der Waals surface area contributed by atoms with Crippen molar-refractivity contribution in [3.63, 3.8) is 0 Å². The highest BCUT2D eigenvalue weighted by molar-refractivity contribution is 7.92. The van der Waals surface area contributed by atoms with Crippen molar-refractivity contribution in [3.8, 4) is 0 Å². The Morgan fingerprint density at radius 3 is 1.24 bits per heavy atom. The van der Waals surface area contributed by atoms with E-state index in [1.54, 1.807) is 60.7 Å². The molecule has 0 aliphatic carbocycles. The number of anilines is 2. The van der Waals surface area contributed by atoms with Crippen molar-refractivity contribution in [2.45, 2.75) is 10.5 Å². The number of nitro groups is 2. The fourth-order valence-electron chi connectivity index (χ4n) is 4.30. The fraction of sp³-hybridized carbons (Fsp3) is 0.0769. The van der Waals surface area contributed by atoms with Gasteiger partial charge in [0.1, 0.15) is 21.9 Å². The predicted molar refractivity (Wildman–Crippen MR) is 141 cm³/mol. The van der Waals surface area contributed by atoms with Crippen LogP contribution < -0.4 is 11.5 Å². The van der Waals surface area contributed by atoms with Crippen LogP contribution in [0, 0.1) is 20.2 Å². The Morgan fingerprint density at radius 1 is 0.568 bits per heavy atom. The van der Waals surface area contributed by atoms with Gasteiger partial charge < -0.3 is 11.5 Å². The summed E-state index contributed by atoms with van der Waals surface area (Å²) in [7, 11) is -4.31. The number of hydrogen-bond donors (Lipinski definition) is 2. The molecule has 0 aliphatic heterocycles. The zero-order valence-electron chi connectivity index (χ0n) is 19.3. The molecule has 11 heteroatoms. The van der Waals surface area contributed by atoms with Gasteiger partial charge in [-0.3, -0.25) is 20.2 Å². The van der Waals surface area contributed by atoms with Crippen molar-refractivity contribution in [2.24, 2.45) is 0 Å². The minimum Gasteiger partial charge on any atom is -0.393 e. The number of hydrogen-bond acceptors (Lipinski definition) is 8. The summed E-state index contributed by atoms with van der Waals surface area (Å²) in [6.45, 7) is 0. The van der Waals surface area contributed by atoms with E-state index in [1.807, 2.05) is 0 Å². The van der Waals surface area contributed by atoms with E-state index in [-0.39, 0.29) is 22.5 Å². The topological polar surface area (TPSA) is 172 Å². The van der Waals surface area contributed by atoms with Crippen LogP contribution in [-0.4, -0.2) is 18.3 Å². The number of nitrogens with zero attached hydrogens (tertiary/aromatic N) is 2. The Balaban J connectivity index is 2.01. The van der Waals surface area contributed by atoms with Crippen molar-refractivity contribution in [1.82, 2.24) is 0 Å². The van der Waals surface area contributed by atoms with Crippen molar-refractivity contribution in [1.29, 1.82) is 0 Å². The van der Waals surface area contributed by atoms with Crippen LogP contribution in [0.3, 0.4) is 0 Å². The first kappa shape index (κ1) is 25.3. The van der Waals surface area contributed by atoms with Crippen molar-refractivity contribution >= 4 is 32.6 Å². The van der Waals surface area contributed by atoms with Crippen molar-refractivity contribution < 1.29 is 18.3 Å². The maximum absolute atomic E-state index is 14.6. The summed E-state index contributed by atoms with van der Waals surface area (Å²) in [4.78, 5) is 21.8. The fourth-order valence-corrected chi connectivity index (χ4v) is 6.70. The van der Waals surface area contributed by atoms with E-state index < -0.39 is 41.6 Å². The second kappa shape index (κ2) is 10.1. The standard InChI is InChI=1S/C26H22N4O6S/c27-21-13-11-19(15-23(21)29(31)32)25(17-7-3-1-4-8-17)37(35,36)26(18-9-5-2-6-10-18)20-12-14-22(28)24(16-20)30(33)34/h1-16,25-26H,27-28H2. The summed E-state index contributed by atoms with van der Waals surface area (Å²) in [5.74, 6) is 0. The maximum Gasteiger partial charge on any atom is 0.292 e. The van der Waals surface area contributed by atoms with E-state index in [9.17, 15) is 28.6 Å². The van der Waals surface area contributed by atoms with Gasteiger partial charge in [0.05, 0.1) is 9.85 Å². The first-order chi connectivity index (χ1) is 17.6. The lowest BCUT2D eigenvalue weighted by Gasteiger charge is -2.26. The van der Waals surface area contributed by atoms with E-state index in [0.717, 1.165) is 12.1 Å². The summed E-state index contributed by atoms with van der Waals surface area (Å²) in [5, 5.41) is 20.5. The van der Waals surface area contributed by atoms with E-state index in [0.29, 0.717) is 11.1 Å². The second-order valence-electron chi connectivity index (χ2n) is 8.32. The van der Waals surface area contributed by atoms with Gasteiger partial charge in [0, 0.05) is 12.1 Å². The third-order valence-electron chi connectivity index (χ3n) is 5.97. The highest BCUT2D eigenvalue weighted by Gasteiger charge is 2.39. The first-order valence-corrected chi connectivity index (χ1v) is 12.6. The molecule has 0 heterocycles. The molecule has 0 spiro atoms. The lowest BCUT2D eigenvalue weighted by Crippen LogP contribution is -2.23. The highest BCUT2D eigenvalue weighted by Crippen LogP contribution is 2.44. The van der Waals surface area contributed by atoms with Gasteiger partial charge in [-0.1, -0.05) is 72.8 Å². The molecule has 0 fully saturated rings. The molecule has 0 saturated heterocycles. The van der Waals surface area contributed by atoms with Crippen LogP contribution in [0.1, 0.15) is 32.8 Å². The van der Waals surface area contributed by atoms with Gasteiger partial charge in [-0.15, -0.1) is 0 Å². The summed E-state index contributed by atoms with van der Waals surface area (Å²) in [6, 6.07) is 24.3. The second-order valence-corrected chi connectivity index (χ2v) is 10.4. The Labute approximate surface area is 212 Å². The van der Waals surface area contributed by atoms with Gasteiger partial charge in [-0.25, -0.2) is 8.42 Å². The molecular formula is C26H22N4O6S. The summed E-state index contributed by atoms with van der Waals surface area (Å²) >= 11 is 0. The van der Waals surface area contributed by atoms with Crippen LogP contribution in [0.25, 0.3) is 0 Å². The number of nitrogen functional groups attached to an aromatic ring is 2. The van der Waals surface area contributed by atoms with Gasteiger partial charge in [-0.2, -0.15) is 0 Å². The van der Waals surface area contributed by atoms with Gasteiger partial charge in [0.15, 0.2) is 9.84 Å². The minimum absolute atomic E-state index is 0.105. The molecule has 0 amide bonds. The third-order valence-corrected chi connectivity index (χ3v) is 8.37. The van der Waals surface area contributed by atoms with Crippen molar-refractivity contribution in [2.75, 3.05) is 11.5 Å². The van der Waals surface area contributed by atoms with E-state index in [2.05, 4.69) is 0 Å². The minimum atomic E-state index is -4.31. The Morgan fingerprint density at radius 2 is 0.919 bits per heavy atom. The molecule has 4 aromatic carbocycles. The highest BCUT2D eigenvalue weighted by atomic mass is 32.2. The third kappa shape index (κ3) is 4.98. The normalized spacial score (nSPS) is 13.0. The molecule has 0 saturated carbocycles. The van der Waals surface area contributed by atoms with Gasteiger partial charge in [0.25, 0.3) is 11.4 Å². The van der Waals surface area contributed by atoms with Crippen LogP contribution >= 0.6 is 0 Å². The van der Waals surface area contributed by atoms with E-state index >= 15 is 0 Å². The Bertz CT molecular complexity index is 1460. The molecule has 2 atom stereocenters. The van der Waals surface area contributed by atoms with E-state index in [4.69, 9.17) is 11.5 Å². The molecule has 4 aromatic rings. The smallest absolute Gasteiger partial charge is 0.292 e. The molecular weight excluding hydrogens is 496 g/mol. The Hall–Kier alpha value is -4.77. The molecule has 4 N–H and O–H groups in total. The summed E-state index contributed by atoms with van der Waals surface area (Å²) in [6.07, 6.45) is 0. The molecule has 37 heavy (non-hydrogen) atoms. The van der Waals surface area contributed by atoms with Crippen LogP contribution in [-0.2, 0) is 9.84 Å². The molecule has 188 valence electrons. The molecule has 0 radical (unpaired) electrons. The molecule has 4 rings (SSSR count). The van der Waals surface area contributed by atoms with Crippen LogP contribution in [0.2, 0.25) is 0 Å². The molecule has 0 bridgehead atoms. The Kier molecular flexibility index (Phi) is 6.89. The van der Waals surface area contributed by atoms with Gasteiger partial charge in [0.2, 0.25) is 0 Å². The van der Waals surface area contributed by atoms with Gasteiger partial charge in [-0.05, 0) is 34.4 Å². The van der Waals surface area contributed by atoms with Crippen LogP contribution in [0.15, 0.2) is 97.1 Å². The number of sulfone groups is 1. The zero-order chi connectivity index (χ0) is 26.7. The lowest BCUT2D eigenvalue weighted by atomic mass is 10.0. The quantitative estimate of drug-likeness (QED) is 0.187. The van der Waals surface area contributed by atoms with Crippen LogP contribution in [0.4, 0.5) is 22.7 Å². The number of rotatable bonds is 8. The monoisotopic (exact) mass is 518 g/mol. The molecule has 0 aliphatic rings. The molecule has 2 unspecified atom stereocenters. The zero-order valence-corrected chi connectivity index (χ0v) is 20.1. The van der Waals surface area contributed by atoms with E-state index in [1.165, 1.54) is 24.3 Å². The maximum atomic E-state index is 14.6. The summed E-state index contributed by atoms with van der Waals surface area (Å²) in [5.41, 5.74) is 11.5. The number of nitro benzene ring substituents is 2. The largest absolute Gasteiger partial charge is 0.393 e. The van der Waals surface area contributed by atoms with Gasteiger partial charge >= 0.3 is 0 Å². The van der Waals surface area contributed by atoms with Crippen molar-refractivity contribution in [3.05, 3.63) is 140 Å². The average Bonchev–Trinajstić information content (AvgIpc) is 2.87. The van der Waals surface area contributed by atoms with Crippen LogP contribution in [0.5, 0.6) is 0 Å². The molecule has 10 nitrogen and oxygen atoms in total.